The Morgan fingerprint density at radius 1 is 1.00 bits per heavy atom. The second kappa shape index (κ2) is 6.32. The predicted molar refractivity (Wildman–Crippen MR) is 68.1 cm³/mol. The van der Waals surface area contributed by atoms with E-state index in [9.17, 15) is 0 Å². The van der Waals surface area contributed by atoms with Gasteiger partial charge in [-0.05, 0) is 23.7 Å². The Labute approximate surface area is 95.9 Å². The van der Waals surface area contributed by atoms with Crippen molar-refractivity contribution in [1.82, 2.24) is 0 Å². The highest BCUT2D eigenvalue weighted by Crippen LogP contribution is 2.15. The van der Waals surface area contributed by atoms with Crippen molar-refractivity contribution in [3.05, 3.63) is 12.2 Å². The first-order valence-corrected chi connectivity index (χ1v) is 5.96. The topological polar surface area (TPSA) is 9.23 Å². The molecule has 0 aliphatic heterocycles. The fraction of sp³-hybridized carbons (Fsp3) is 0.857. The summed E-state index contributed by atoms with van der Waals surface area (Å²) < 4.78 is 5.60. The lowest BCUT2D eigenvalue weighted by atomic mass is 9.96. The summed E-state index contributed by atoms with van der Waals surface area (Å²) in [6.07, 6.45) is 6.79. The van der Waals surface area contributed by atoms with Gasteiger partial charge in [0, 0.05) is 6.61 Å². The Bertz CT molecular complexity index is 178. The molecular weight excluding hydrogens is 184 g/mol. The van der Waals surface area contributed by atoms with Crippen LogP contribution in [0.2, 0.25) is 0 Å². The van der Waals surface area contributed by atoms with E-state index >= 15 is 0 Å². The minimum absolute atomic E-state index is 0.293. The monoisotopic (exact) mass is 212 g/mol. The molecule has 0 aliphatic rings. The summed E-state index contributed by atoms with van der Waals surface area (Å²) in [6, 6.07) is 0. The molecule has 0 unspecified atom stereocenters. The van der Waals surface area contributed by atoms with Gasteiger partial charge in [0.1, 0.15) is 0 Å². The number of allylic oxidation sites excluding steroid dienone is 2. The molecule has 1 nitrogen and oxygen atoms in total. The van der Waals surface area contributed by atoms with Crippen molar-refractivity contribution in [3.8, 4) is 0 Å². The van der Waals surface area contributed by atoms with Gasteiger partial charge >= 0.3 is 0 Å². The minimum Gasteiger partial charge on any atom is -0.381 e. The molecule has 15 heavy (non-hydrogen) atoms. The third-order valence-corrected chi connectivity index (χ3v) is 1.81. The second-order valence-electron chi connectivity index (χ2n) is 6.52. The zero-order chi connectivity index (χ0) is 11.9. The molecule has 1 heteroatoms. The van der Waals surface area contributed by atoms with Crippen molar-refractivity contribution in [2.45, 2.75) is 54.4 Å². The lowest BCUT2D eigenvalue weighted by Crippen LogP contribution is -2.14. The van der Waals surface area contributed by atoms with Crippen LogP contribution in [0.25, 0.3) is 0 Å². The lowest BCUT2D eigenvalue weighted by Gasteiger charge is -2.17. The van der Waals surface area contributed by atoms with E-state index in [1.165, 1.54) is 0 Å². The summed E-state index contributed by atoms with van der Waals surface area (Å²) in [5.41, 5.74) is 0.605. The summed E-state index contributed by atoms with van der Waals surface area (Å²) in [5.74, 6) is 0. The molecule has 0 amide bonds. The number of unbranched alkanes of at least 4 members (excludes halogenated alkanes) is 1. The molecule has 0 aliphatic carbocycles. The predicted octanol–water partition coefficient (Wildman–Crippen LogP) is 4.43. The molecule has 0 aromatic heterocycles. The van der Waals surface area contributed by atoms with Crippen LogP contribution >= 0.6 is 0 Å². The number of hydrogen-bond acceptors (Lipinski definition) is 1. The van der Waals surface area contributed by atoms with Gasteiger partial charge in [0.15, 0.2) is 0 Å². The zero-order valence-electron chi connectivity index (χ0n) is 11.4. The van der Waals surface area contributed by atoms with Crippen LogP contribution in [0.3, 0.4) is 0 Å². The molecule has 0 N–H and O–H groups in total. The van der Waals surface area contributed by atoms with Gasteiger partial charge in [-0.2, -0.15) is 0 Å². The maximum atomic E-state index is 5.60. The van der Waals surface area contributed by atoms with Crippen molar-refractivity contribution >= 4 is 0 Å². The van der Waals surface area contributed by atoms with Crippen LogP contribution < -0.4 is 0 Å². The summed E-state index contributed by atoms with van der Waals surface area (Å²) in [5, 5.41) is 0. The van der Waals surface area contributed by atoms with Gasteiger partial charge in [-0.3, -0.25) is 0 Å². The highest BCUT2D eigenvalue weighted by molar-refractivity contribution is 4.91. The summed E-state index contributed by atoms with van der Waals surface area (Å²) in [7, 11) is 0. The summed E-state index contributed by atoms with van der Waals surface area (Å²) >= 11 is 0. The molecule has 0 bridgehead atoms. The molecule has 0 spiro atoms. The number of hydrogen-bond donors (Lipinski definition) is 0. The second-order valence-corrected chi connectivity index (χ2v) is 6.52. The standard InChI is InChI=1S/C14H28O/c1-13(2,3)10-8-7-9-11-15-12-14(4,5)6/h8,10H,7,9,11-12H2,1-6H3/b10-8+. The van der Waals surface area contributed by atoms with Gasteiger partial charge in [0.2, 0.25) is 0 Å². The first-order valence-electron chi connectivity index (χ1n) is 5.96. The van der Waals surface area contributed by atoms with E-state index in [4.69, 9.17) is 4.74 Å². The maximum absolute atomic E-state index is 5.60. The molecule has 0 rings (SSSR count). The van der Waals surface area contributed by atoms with Gasteiger partial charge in [0.05, 0.1) is 6.61 Å². The normalized spacial score (nSPS) is 13.7. The van der Waals surface area contributed by atoms with Crippen molar-refractivity contribution in [1.29, 1.82) is 0 Å². The largest absolute Gasteiger partial charge is 0.381 e. The average Bonchev–Trinajstić information content (AvgIpc) is 1.98. The summed E-state index contributed by atoms with van der Waals surface area (Å²) in [6.45, 7) is 15.0. The Morgan fingerprint density at radius 3 is 2.07 bits per heavy atom. The van der Waals surface area contributed by atoms with Crippen LogP contribution in [0.4, 0.5) is 0 Å². The van der Waals surface area contributed by atoms with E-state index in [-0.39, 0.29) is 0 Å². The maximum Gasteiger partial charge on any atom is 0.0514 e. The molecule has 0 radical (unpaired) electrons. The molecule has 0 atom stereocenters. The minimum atomic E-state index is 0.293. The molecule has 0 saturated heterocycles. The van der Waals surface area contributed by atoms with Crippen molar-refractivity contribution in [3.63, 3.8) is 0 Å². The van der Waals surface area contributed by atoms with Crippen LogP contribution in [-0.2, 0) is 4.74 Å². The van der Waals surface area contributed by atoms with Gasteiger partial charge in [0.25, 0.3) is 0 Å². The third-order valence-electron chi connectivity index (χ3n) is 1.81. The van der Waals surface area contributed by atoms with E-state index in [0.29, 0.717) is 10.8 Å². The Kier molecular flexibility index (Phi) is 6.19. The van der Waals surface area contributed by atoms with E-state index in [1.54, 1.807) is 0 Å². The Morgan fingerprint density at radius 2 is 1.60 bits per heavy atom. The third kappa shape index (κ3) is 13.7. The fourth-order valence-corrected chi connectivity index (χ4v) is 1.12. The molecule has 0 heterocycles. The van der Waals surface area contributed by atoms with E-state index in [2.05, 4.69) is 53.7 Å². The van der Waals surface area contributed by atoms with Crippen LogP contribution in [0.5, 0.6) is 0 Å². The Hall–Kier alpha value is -0.300. The van der Waals surface area contributed by atoms with Crippen LogP contribution in [0, 0.1) is 10.8 Å². The van der Waals surface area contributed by atoms with Crippen molar-refractivity contribution in [2.24, 2.45) is 10.8 Å². The zero-order valence-corrected chi connectivity index (χ0v) is 11.4. The van der Waals surface area contributed by atoms with Gasteiger partial charge in [-0.15, -0.1) is 0 Å². The number of ether oxygens (including phenoxy) is 1. The highest BCUT2D eigenvalue weighted by Gasteiger charge is 2.09. The van der Waals surface area contributed by atoms with Gasteiger partial charge in [-0.1, -0.05) is 53.7 Å². The van der Waals surface area contributed by atoms with Crippen LogP contribution in [0.1, 0.15) is 54.4 Å². The Balaban J connectivity index is 3.37. The van der Waals surface area contributed by atoms with Crippen LogP contribution in [0.15, 0.2) is 12.2 Å². The first-order chi connectivity index (χ1) is 6.71. The van der Waals surface area contributed by atoms with Crippen molar-refractivity contribution < 1.29 is 4.74 Å². The van der Waals surface area contributed by atoms with E-state index in [0.717, 1.165) is 26.1 Å². The smallest absolute Gasteiger partial charge is 0.0514 e. The molecular formula is C14H28O. The molecule has 0 saturated carbocycles. The molecule has 90 valence electrons. The summed E-state index contributed by atoms with van der Waals surface area (Å²) in [4.78, 5) is 0. The molecule has 0 fully saturated rings. The molecule has 0 aromatic rings. The SMILES string of the molecule is CC(C)(C)/C=C/CCCOCC(C)(C)C. The average molecular weight is 212 g/mol. The lowest BCUT2D eigenvalue weighted by molar-refractivity contribution is 0.0701. The van der Waals surface area contributed by atoms with E-state index in [1.807, 2.05) is 0 Å². The van der Waals surface area contributed by atoms with Gasteiger partial charge in [-0.25, -0.2) is 0 Å². The van der Waals surface area contributed by atoms with Crippen LogP contribution in [-0.4, -0.2) is 13.2 Å². The number of rotatable bonds is 5. The quantitative estimate of drug-likeness (QED) is 0.484. The van der Waals surface area contributed by atoms with Gasteiger partial charge < -0.3 is 4.74 Å². The van der Waals surface area contributed by atoms with Crippen molar-refractivity contribution in [2.75, 3.05) is 13.2 Å². The molecule has 0 aromatic carbocycles. The van der Waals surface area contributed by atoms with E-state index < -0.39 is 0 Å². The fourth-order valence-electron chi connectivity index (χ4n) is 1.12. The highest BCUT2D eigenvalue weighted by atomic mass is 16.5. The first kappa shape index (κ1) is 14.7.